The SMILES string of the molecule is CC(C)(C#N)CCNC(C(=O)O)c1ccccc1. The summed E-state index contributed by atoms with van der Waals surface area (Å²) in [6, 6.07) is 10.5. The number of hydrogen-bond donors (Lipinski definition) is 2. The molecule has 0 radical (unpaired) electrons. The van der Waals surface area contributed by atoms with Crippen LogP contribution in [0.1, 0.15) is 31.9 Å². The van der Waals surface area contributed by atoms with Gasteiger partial charge in [0.1, 0.15) is 6.04 Å². The predicted molar refractivity (Wildman–Crippen MR) is 68.8 cm³/mol. The first kappa shape index (κ1) is 14.2. The van der Waals surface area contributed by atoms with Gasteiger partial charge in [-0.2, -0.15) is 5.26 Å². The lowest BCUT2D eigenvalue weighted by Crippen LogP contribution is -2.31. The Balaban J connectivity index is 2.62. The molecule has 1 unspecified atom stereocenters. The van der Waals surface area contributed by atoms with Crippen molar-refractivity contribution in [3.8, 4) is 6.07 Å². The summed E-state index contributed by atoms with van der Waals surface area (Å²) in [5.41, 5.74) is 0.284. The largest absolute Gasteiger partial charge is 0.480 e. The van der Waals surface area contributed by atoms with Crippen molar-refractivity contribution >= 4 is 5.97 Å². The van der Waals surface area contributed by atoms with Crippen molar-refractivity contribution in [2.45, 2.75) is 26.3 Å². The molecule has 0 fully saturated rings. The summed E-state index contributed by atoms with van der Waals surface area (Å²) in [5.74, 6) is -0.907. The van der Waals surface area contributed by atoms with E-state index in [1.54, 1.807) is 12.1 Å². The maximum Gasteiger partial charge on any atom is 0.325 e. The molecule has 0 aromatic heterocycles. The molecular weight excluding hydrogens is 228 g/mol. The number of aliphatic carboxylic acids is 1. The van der Waals surface area contributed by atoms with E-state index >= 15 is 0 Å². The molecule has 0 aliphatic carbocycles. The smallest absolute Gasteiger partial charge is 0.325 e. The number of rotatable bonds is 6. The second kappa shape index (κ2) is 6.18. The minimum Gasteiger partial charge on any atom is -0.480 e. The number of carboxylic acid groups (broad SMARTS) is 1. The zero-order valence-electron chi connectivity index (χ0n) is 10.7. The Morgan fingerprint density at radius 1 is 1.44 bits per heavy atom. The van der Waals surface area contributed by atoms with Crippen molar-refractivity contribution in [1.82, 2.24) is 5.32 Å². The fourth-order valence-corrected chi connectivity index (χ4v) is 1.58. The summed E-state index contributed by atoms with van der Waals surface area (Å²) in [6.45, 7) is 4.17. The predicted octanol–water partition coefficient (Wildman–Crippen LogP) is 2.34. The summed E-state index contributed by atoms with van der Waals surface area (Å²) < 4.78 is 0. The highest BCUT2D eigenvalue weighted by molar-refractivity contribution is 5.75. The number of benzene rings is 1. The van der Waals surface area contributed by atoms with Gasteiger partial charge in [0.25, 0.3) is 0 Å². The van der Waals surface area contributed by atoms with Crippen molar-refractivity contribution in [3.63, 3.8) is 0 Å². The van der Waals surface area contributed by atoms with Gasteiger partial charge in [-0.3, -0.25) is 4.79 Å². The second-order valence-corrected chi connectivity index (χ2v) is 4.88. The third kappa shape index (κ3) is 4.19. The Kier molecular flexibility index (Phi) is 4.87. The van der Waals surface area contributed by atoms with Crippen LogP contribution in [-0.2, 0) is 4.79 Å². The normalized spacial score (nSPS) is 12.7. The molecular formula is C14H18N2O2. The van der Waals surface area contributed by atoms with Gasteiger partial charge in [-0.05, 0) is 32.4 Å². The van der Waals surface area contributed by atoms with Crippen molar-refractivity contribution in [1.29, 1.82) is 5.26 Å². The maximum atomic E-state index is 11.2. The number of nitriles is 1. The van der Waals surface area contributed by atoms with Crippen LogP contribution in [0.3, 0.4) is 0 Å². The van der Waals surface area contributed by atoms with Gasteiger partial charge >= 0.3 is 5.97 Å². The number of hydrogen-bond acceptors (Lipinski definition) is 3. The first-order valence-corrected chi connectivity index (χ1v) is 5.89. The lowest BCUT2D eigenvalue weighted by atomic mass is 9.91. The topological polar surface area (TPSA) is 73.1 Å². The summed E-state index contributed by atoms with van der Waals surface area (Å²) in [7, 11) is 0. The minimum atomic E-state index is -0.907. The molecule has 0 amide bonds. The highest BCUT2D eigenvalue weighted by Crippen LogP contribution is 2.19. The van der Waals surface area contributed by atoms with Crippen molar-refractivity contribution < 1.29 is 9.90 Å². The van der Waals surface area contributed by atoms with E-state index in [-0.39, 0.29) is 0 Å². The summed E-state index contributed by atoms with van der Waals surface area (Å²) in [4.78, 5) is 11.2. The summed E-state index contributed by atoms with van der Waals surface area (Å²) in [5, 5.41) is 21.1. The second-order valence-electron chi connectivity index (χ2n) is 4.88. The van der Waals surface area contributed by atoms with Gasteiger partial charge in [-0.15, -0.1) is 0 Å². The molecule has 0 aliphatic rings. The van der Waals surface area contributed by atoms with Crippen LogP contribution < -0.4 is 5.32 Å². The van der Waals surface area contributed by atoms with Crippen LogP contribution in [0.25, 0.3) is 0 Å². The van der Waals surface area contributed by atoms with Crippen LogP contribution in [0.15, 0.2) is 30.3 Å². The first-order valence-electron chi connectivity index (χ1n) is 5.89. The molecule has 0 saturated heterocycles. The molecule has 1 rings (SSSR count). The third-order valence-corrected chi connectivity index (χ3v) is 2.78. The van der Waals surface area contributed by atoms with Crippen LogP contribution in [-0.4, -0.2) is 17.6 Å². The van der Waals surface area contributed by atoms with E-state index in [1.165, 1.54) is 0 Å². The highest BCUT2D eigenvalue weighted by atomic mass is 16.4. The highest BCUT2D eigenvalue weighted by Gasteiger charge is 2.21. The van der Waals surface area contributed by atoms with Gasteiger partial charge in [0.15, 0.2) is 0 Å². The minimum absolute atomic E-state index is 0.438. The van der Waals surface area contributed by atoms with Crippen LogP contribution in [0.5, 0.6) is 0 Å². The average molecular weight is 246 g/mol. The summed E-state index contributed by atoms with van der Waals surface area (Å²) in [6.07, 6.45) is 0.611. The lowest BCUT2D eigenvalue weighted by Gasteiger charge is -2.19. The van der Waals surface area contributed by atoms with E-state index < -0.39 is 17.4 Å². The Bertz CT molecular complexity index is 435. The van der Waals surface area contributed by atoms with Crippen molar-refractivity contribution in [2.75, 3.05) is 6.54 Å². The summed E-state index contributed by atoms with van der Waals surface area (Å²) >= 11 is 0. The fourth-order valence-electron chi connectivity index (χ4n) is 1.58. The van der Waals surface area contributed by atoms with Gasteiger partial charge in [-0.25, -0.2) is 0 Å². The van der Waals surface area contributed by atoms with Gasteiger partial charge in [0, 0.05) is 0 Å². The van der Waals surface area contributed by atoms with Crippen LogP contribution in [0.4, 0.5) is 0 Å². The molecule has 1 aromatic rings. The zero-order chi connectivity index (χ0) is 13.6. The molecule has 0 bridgehead atoms. The Morgan fingerprint density at radius 3 is 2.56 bits per heavy atom. The monoisotopic (exact) mass is 246 g/mol. The molecule has 1 aromatic carbocycles. The Morgan fingerprint density at radius 2 is 2.06 bits per heavy atom. The molecule has 0 spiro atoms. The molecule has 18 heavy (non-hydrogen) atoms. The van der Waals surface area contributed by atoms with Gasteiger partial charge in [0.2, 0.25) is 0 Å². The molecule has 1 atom stereocenters. The maximum absolute atomic E-state index is 11.2. The van der Waals surface area contributed by atoms with E-state index in [9.17, 15) is 9.90 Å². The molecule has 2 N–H and O–H groups in total. The number of carbonyl (C=O) groups is 1. The van der Waals surface area contributed by atoms with Crippen molar-refractivity contribution in [3.05, 3.63) is 35.9 Å². The van der Waals surface area contributed by atoms with E-state index in [2.05, 4.69) is 11.4 Å². The van der Waals surface area contributed by atoms with Gasteiger partial charge < -0.3 is 10.4 Å². The number of carboxylic acids is 1. The Hall–Kier alpha value is -1.86. The van der Waals surface area contributed by atoms with Crippen LogP contribution >= 0.6 is 0 Å². The quantitative estimate of drug-likeness (QED) is 0.808. The zero-order valence-corrected chi connectivity index (χ0v) is 10.7. The Labute approximate surface area is 107 Å². The molecule has 4 nitrogen and oxygen atoms in total. The lowest BCUT2D eigenvalue weighted by molar-refractivity contribution is -0.139. The van der Waals surface area contributed by atoms with Gasteiger partial charge in [-0.1, -0.05) is 30.3 Å². The van der Waals surface area contributed by atoms with Crippen LogP contribution in [0.2, 0.25) is 0 Å². The van der Waals surface area contributed by atoms with Gasteiger partial charge in [0.05, 0.1) is 11.5 Å². The standard InChI is InChI=1S/C14H18N2O2/c1-14(2,10-15)8-9-16-12(13(17)18)11-6-4-3-5-7-11/h3-7,12,16H,8-9H2,1-2H3,(H,17,18). The molecule has 0 heterocycles. The average Bonchev–Trinajstić information content (AvgIpc) is 2.35. The third-order valence-electron chi connectivity index (χ3n) is 2.78. The van der Waals surface area contributed by atoms with E-state index in [1.807, 2.05) is 32.0 Å². The van der Waals surface area contributed by atoms with Crippen molar-refractivity contribution in [2.24, 2.45) is 5.41 Å². The number of nitrogens with one attached hydrogen (secondary N) is 1. The van der Waals surface area contributed by atoms with E-state index in [0.29, 0.717) is 13.0 Å². The van der Waals surface area contributed by atoms with E-state index in [0.717, 1.165) is 5.56 Å². The molecule has 0 aliphatic heterocycles. The van der Waals surface area contributed by atoms with Crippen LogP contribution in [0, 0.1) is 16.7 Å². The molecule has 4 heteroatoms. The molecule has 96 valence electrons. The van der Waals surface area contributed by atoms with E-state index in [4.69, 9.17) is 5.26 Å². The number of nitrogens with zero attached hydrogens (tertiary/aromatic N) is 1. The molecule has 0 saturated carbocycles. The fraction of sp³-hybridized carbons (Fsp3) is 0.429. The first-order chi connectivity index (χ1) is 8.46.